The number of carbonyl (C=O) groups is 2. The zero-order valence-corrected chi connectivity index (χ0v) is 18.5. The lowest BCUT2D eigenvalue weighted by Gasteiger charge is -2.33. The molecule has 0 aliphatic carbocycles. The van der Waals surface area contributed by atoms with E-state index in [4.69, 9.17) is 14.2 Å². The van der Waals surface area contributed by atoms with Crippen LogP contribution in [0.1, 0.15) is 41.7 Å². The minimum atomic E-state index is -0.124. The Hall–Kier alpha value is -3.30. The van der Waals surface area contributed by atoms with Gasteiger partial charge in [-0.1, -0.05) is 5.21 Å². The van der Waals surface area contributed by atoms with Gasteiger partial charge in [-0.3, -0.25) is 14.3 Å². The van der Waals surface area contributed by atoms with Crippen LogP contribution < -0.4 is 19.5 Å². The van der Waals surface area contributed by atoms with Crippen molar-refractivity contribution in [3.05, 3.63) is 29.6 Å². The molecule has 2 amide bonds. The summed E-state index contributed by atoms with van der Waals surface area (Å²) in [6.07, 6.45) is 5.06. The topological polar surface area (TPSA) is 108 Å². The van der Waals surface area contributed by atoms with Gasteiger partial charge in [0.25, 0.3) is 5.91 Å². The van der Waals surface area contributed by atoms with Crippen LogP contribution in [-0.2, 0) is 17.8 Å². The number of aromatic nitrogens is 3. The van der Waals surface area contributed by atoms with Gasteiger partial charge < -0.3 is 24.4 Å². The molecular formula is C22H29N5O5. The van der Waals surface area contributed by atoms with Crippen LogP contribution in [-0.4, -0.2) is 71.7 Å². The van der Waals surface area contributed by atoms with E-state index in [0.29, 0.717) is 68.3 Å². The standard InChI is InChI=1S/C22H29N5O5/c1-30-18-11-15-12-19(31-2)21(18)32-10-4-9-27-14-17(24-25-27)6-7-20(28)23-16-5-3-8-26(13-16)22(15)29/h11-12,14,16H,3-10,13H2,1-2H3,(H,23,28). The van der Waals surface area contributed by atoms with Gasteiger partial charge in [0.1, 0.15) is 0 Å². The second kappa shape index (κ2) is 9.88. The molecule has 1 atom stereocenters. The van der Waals surface area contributed by atoms with Gasteiger partial charge >= 0.3 is 0 Å². The first kappa shape index (κ1) is 21.9. The Morgan fingerprint density at radius 2 is 1.88 bits per heavy atom. The largest absolute Gasteiger partial charge is 0.493 e. The average molecular weight is 444 g/mol. The van der Waals surface area contributed by atoms with E-state index in [1.165, 1.54) is 14.2 Å². The summed E-state index contributed by atoms with van der Waals surface area (Å²) in [7, 11) is 3.07. The van der Waals surface area contributed by atoms with E-state index in [0.717, 1.165) is 18.5 Å². The monoisotopic (exact) mass is 443 g/mol. The number of methoxy groups -OCH3 is 2. The van der Waals surface area contributed by atoms with E-state index >= 15 is 0 Å². The van der Waals surface area contributed by atoms with Crippen molar-refractivity contribution < 1.29 is 23.8 Å². The molecule has 10 heteroatoms. The molecule has 10 nitrogen and oxygen atoms in total. The maximum atomic E-state index is 13.2. The molecule has 1 aromatic heterocycles. The summed E-state index contributed by atoms with van der Waals surface area (Å²) in [6.45, 7) is 2.13. The SMILES string of the molecule is COc1cc2cc(OC)c1OCCCn1cc(nn1)CCC(=O)NC1CCCN(C1)C2=O. The van der Waals surface area contributed by atoms with Crippen molar-refractivity contribution in [1.82, 2.24) is 25.2 Å². The van der Waals surface area contributed by atoms with Crippen molar-refractivity contribution in [2.24, 2.45) is 0 Å². The second-order valence-corrected chi connectivity index (χ2v) is 8.04. The van der Waals surface area contributed by atoms with E-state index in [1.807, 2.05) is 6.20 Å². The Morgan fingerprint density at radius 1 is 1.09 bits per heavy atom. The number of piperidine rings is 1. The molecule has 2 aromatic rings. The number of benzene rings is 1. The van der Waals surface area contributed by atoms with Gasteiger partial charge in [-0.2, -0.15) is 0 Å². The first-order valence-corrected chi connectivity index (χ1v) is 10.9. The minimum absolute atomic E-state index is 0.0437. The lowest BCUT2D eigenvalue weighted by atomic mass is 10.0. The fraction of sp³-hybridized carbons (Fsp3) is 0.545. The van der Waals surface area contributed by atoms with E-state index in [9.17, 15) is 9.59 Å². The molecule has 5 rings (SSSR count). The molecule has 0 saturated carbocycles. The third kappa shape index (κ3) is 4.95. The number of fused-ring (bicyclic) bond motifs is 8. The van der Waals surface area contributed by atoms with Crippen LogP contribution in [0.25, 0.3) is 0 Å². The van der Waals surface area contributed by atoms with Crippen LogP contribution >= 0.6 is 0 Å². The lowest BCUT2D eigenvalue weighted by Crippen LogP contribution is -2.49. The van der Waals surface area contributed by atoms with Crippen LogP contribution in [0, 0.1) is 0 Å². The molecule has 172 valence electrons. The summed E-state index contributed by atoms with van der Waals surface area (Å²) >= 11 is 0. The van der Waals surface area contributed by atoms with Crippen LogP contribution in [0.4, 0.5) is 0 Å². The fourth-order valence-corrected chi connectivity index (χ4v) is 4.11. The molecule has 3 aliphatic rings. The van der Waals surface area contributed by atoms with Gasteiger partial charge in [-0.15, -0.1) is 5.10 Å². The number of rotatable bonds is 2. The predicted molar refractivity (Wildman–Crippen MR) is 115 cm³/mol. The molecule has 1 saturated heterocycles. The lowest BCUT2D eigenvalue weighted by molar-refractivity contribution is -0.122. The molecular weight excluding hydrogens is 414 g/mol. The first-order chi connectivity index (χ1) is 15.6. The van der Waals surface area contributed by atoms with Crippen molar-refractivity contribution in [2.75, 3.05) is 33.9 Å². The summed E-state index contributed by atoms with van der Waals surface area (Å²) in [5, 5.41) is 11.4. The van der Waals surface area contributed by atoms with Crippen LogP contribution in [0.2, 0.25) is 0 Å². The van der Waals surface area contributed by atoms with Gasteiger partial charge in [-0.05, 0) is 25.0 Å². The Labute approximate surface area is 186 Å². The number of carbonyl (C=O) groups excluding carboxylic acids is 2. The molecule has 1 fully saturated rings. The summed E-state index contributed by atoms with van der Waals surface area (Å²) in [6, 6.07) is 3.28. The molecule has 0 spiro atoms. The summed E-state index contributed by atoms with van der Waals surface area (Å²) in [5.74, 6) is 1.18. The summed E-state index contributed by atoms with van der Waals surface area (Å²) in [5.41, 5.74) is 1.24. The Bertz CT molecular complexity index is 950. The highest BCUT2D eigenvalue weighted by molar-refractivity contribution is 5.95. The third-order valence-corrected chi connectivity index (χ3v) is 5.75. The maximum Gasteiger partial charge on any atom is 0.254 e. The summed E-state index contributed by atoms with van der Waals surface area (Å²) < 4.78 is 18.7. The summed E-state index contributed by atoms with van der Waals surface area (Å²) in [4.78, 5) is 27.5. The molecule has 1 aromatic carbocycles. The zero-order chi connectivity index (χ0) is 22.5. The molecule has 32 heavy (non-hydrogen) atoms. The van der Waals surface area contributed by atoms with Gasteiger partial charge in [0.05, 0.1) is 26.5 Å². The molecule has 1 N–H and O–H groups in total. The zero-order valence-electron chi connectivity index (χ0n) is 18.5. The Kier molecular flexibility index (Phi) is 6.77. The number of nitrogens with zero attached hydrogens (tertiary/aromatic N) is 4. The highest BCUT2D eigenvalue weighted by Crippen LogP contribution is 2.39. The van der Waals surface area contributed by atoms with Crippen LogP contribution in [0.3, 0.4) is 0 Å². The number of amides is 2. The van der Waals surface area contributed by atoms with Gasteiger partial charge in [-0.25, -0.2) is 0 Å². The normalized spacial score (nSPS) is 19.9. The molecule has 4 heterocycles. The molecule has 0 radical (unpaired) electrons. The number of ether oxygens (including phenoxy) is 3. The quantitative estimate of drug-likeness (QED) is 0.748. The molecule has 3 aliphatic heterocycles. The van der Waals surface area contributed by atoms with Crippen molar-refractivity contribution in [2.45, 2.75) is 44.7 Å². The number of aryl methyl sites for hydroxylation is 2. The molecule has 6 bridgehead atoms. The van der Waals surface area contributed by atoms with Gasteiger partial charge in [0.2, 0.25) is 11.7 Å². The van der Waals surface area contributed by atoms with Crippen molar-refractivity contribution in [1.29, 1.82) is 0 Å². The fourth-order valence-electron chi connectivity index (χ4n) is 4.11. The highest BCUT2D eigenvalue weighted by Gasteiger charge is 2.27. The van der Waals surface area contributed by atoms with E-state index in [2.05, 4.69) is 15.6 Å². The number of nitrogens with one attached hydrogen (secondary N) is 1. The average Bonchev–Trinajstić information content (AvgIpc) is 3.27. The van der Waals surface area contributed by atoms with E-state index in [1.54, 1.807) is 21.7 Å². The smallest absolute Gasteiger partial charge is 0.254 e. The van der Waals surface area contributed by atoms with E-state index in [-0.39, 0.29) is 17.9 Å². The molecule has 1 unspecified atom stereocenters. The third-order valence-electron chi connectivity index (χ3n) is 5.75. The Balaban J connectivity index is 1.62. The van der Waals surface area contributed by atoms with Crippen molar-refractivity contribution >= 4 is 11.8 Å². The van der Waals surface area contributed by atoms with Gasteiger partial charge in [0, 0.05) is 56.7 Å². The van der Waals surface area contributed by atoms with Crippen molar-refractivity contribution in [3.63, 3.8) is 0 Å². The maximum absolute atomic E-state index is 13.2. The van der Waals surface area contributed by atoms with Crippen molar-refractivity contribution in [3.8, 4) is 17.2 Å². The second-order valence-electron chi connectivity index (χ2n) is 8.04. The number of hydrogen-bond donors (Lipinski definition) is 1. The minimum Gasteiger partial charge on any atom is -0.493 e. The highest BCUT2D eigenvalue weighted by atomic mass is 16.5. The van der Waals surface area contributed by atoms with E-state index < -0.39 is 0 Å². The Morgan fingerprint density at radius 3 is 2.62 bits per heavy atom. The number of hydrogen-bond acceptors (Lipinski definition) is 7. The predicted octanol–water partition coefficient (Wildman–Crippen LogP) is 1.43. The van der Waals surface area contributed by atoms with Crippen LogP contribution in [0.15, 0.2) is 18.3 Å². The first-order valence-electron chi connectivity index (χ1n) is 10.9. The van der Waals surface area contributed by atoms with Gasteiger partial charge in [0.15, 0.2) is 11.5 Å². The van der Waals surface area contributed by atoms with Crippen LogP contribution in [0.5, 0.6) is 17.2 Å².